The standard InChI is InChI=1S/C22H35NO2/c1-20-8-5-16(24)13-15(20)3-4-17-18(20)6-9-21(2)19(17)7-10-22(21,25)14-23-11-12-23/h3,16-19,24-25H,4-14H2,1-2H3/t16-,17-,18+,19+,20+,21+,22-/m1/s1. The van der Waals surface area contributed by atoms with Gasteiger partial charge in [0, 0.05) is 25.0 Å². The lowest BCUT2D eigenvalue weighted by Gasteiger charge is -2.59. The van der Waals surface area contributed by atoms with Crippen LogP contribution >= 0.6 is 0 Å². The summed E-state index contributed by atoms with van der Waals surface area (Å²) in [4.78, 5) is 2.42. The Morgan fingerprint density at radius 2 is 1.84 bits per heavy atom. The Morgan fingerprint density at radius 1 is 1.08 bits per heavy atom. The molecular weight excluding hydrogens is 310 g/mol. The van der Waals surface area contributed by atoms with Gasteiger partial charge in [-0.1, -0.05) is 25.5 Å². The maximum Gasteiger partial charge on any atom is 0.0830 e. The normalized spacial score (nSPS) is 55.1. The number of fused-ring (bicyclic) bond motifs is 5. The van der Waals surface area contributed by atoms with Crippen LogP contribution in [0.3, 0.4) is 0 Å². The highest BCUT2D eigenvalue weighted by Crippen LogP contribution is 2.67. The van der Waals surface area contributed by atoms with Gasteiger partial charge in [0.1, 0.15) is 0 Å². The Morgan fingerprint density at radius 3 is 2.60 bits per heavy atom. The highest BCUT2D eigenvalue weighted by atomic mass is 16.3. The van der Waals surface area contributed by atoms with Crippen molar-refractivity contribution >= 4 is 0 Å². The molecule has 0 aromatic rings. The van der Waals surface area contributed by atoms with Gasteiger partial charge in [-0.3, -0.25) is 4.90 Å². The van der Waals surface area contributed by atoms with Crippen LogP contribution in [0.2, 0.25) is 0 Å². The van der Waals surface area contributed by atoms with Gasteiger partial charge in [-0.25, -0.2) is 0 Å². The van der Waals surface area contributed by atoms with E-state index in [4.69, 9.17) is 0 Å². The number of hydrogen-bond donors (Lipinski definition) is 2. The van der Waals surface area contributed by atoms with Crippen LogP contribution in [0.15, 0.2) is 11.6 Å². The van der Waals surface area contributed by atoms with Crippen LogP contribution in [0.1, 0.15) is 65.2 Å². The molecule has 0 amide bonds. The van der Waals surface area contributed by atoms with Crippen molar-refractivity contribution in [2.75, 3.05) is 19.6 Å². The molecule has 3 saturated carbocycles. The lowest BCUT2D eigenvalue weighted by Crippen LogP contribution is -2.56. The molecule has 0 aromatic carbocycles. The predicted molar refractivity (Wildman–Crippen MR) is 99.1 cm³/mol. The zero-order chi connectivity index (χ0) is 17.4. The zero-order valence-corrected chi connectivity index (χ0v) is 16.0. The minimum Gasteiger partial charge on any atom is -0.393 e. The van der Waals surface area contributed by atoms with Gasteiger partial charge in [-0.15, -0.1) is 0 Å². The van der Waals surface area contributed by atoms with E-state index in [2.05, 4.69) is 24.8 Å². The van der Waals surface area contributed by atoms with E-state index in [-0.39, 0.29) is 11.5 Å². The summed E-state index contributed by atoms with van der Waals surface area (Å²) in [7, 11) is 0. The predicted octanol–water partition coefficient (Wildman–Crippen LogP) is 3.36. The fraction of sp³-hybridized carbons (Fsp3) is 0.909. The molecular formula is C22H35NO2. The maximum atomic E-state index is 11.6. The molecule has 0 unspecified atom stereocenters. The van der Waals surface area contributed by atoms with Gasteiger partial charge in [-0.2, -0.15) is 0 Å². The Kier molecular flexibility index (Phi) is 3.57. The van der Waals surface area contributed by atoms with Crippen LogP contribution in [0.25, 0.3) is 0 Å². The van der Waals surface area contributed by atoms with Crippen molar-refractivity contribution in [1.82, 2.24) is 4.90 Å². The summed E-state index contributed by atoms with van der Waals surface area (Å²) in [6, 6.07) is 0. The molecule has 0 spiro atoms. The molecule has 1 aliphatic heterocycles. The molecule has 0 bridgehead atoms. The number of β-amino-alcohol motifs (C(OH)–C–C–N with tert-alkyl or cyclic N) is 1. The number of allylic oxidation sites excluding steroid dienone is 1. The van der Waals surface area contributed by atoms with Crippen LogP contribution in [0.4, 0.5) is 0 Å². The van der Waals surface area contributed by atoms with Crippen molar-refractivity contribution in [3.8, 4) is 0 Å². The average Bonchev–Trinajstić information content (AvgIpc) is 3.33. The number of aliphatic hydroxyl groups is 2. The molecule has 140 valence electrons. The SMILES string of the molecule is C[C@]12CC[C@@H](O)CC1=CC[C@@H]1[C@@H]2CC[C@@]2(C)[C@H]1CC[C@@]2(O)CN1CC1. The number of hydrogen-bond acceptors (Lipinski definition) is 3. The molecule has 1 saturated heterocycles. The molecule has 0 aromatic heterocycles. The quantitative estimate of drug-likeness (QED) is 0.596. The topological polar surface area (TPSA) is 43.5 Å². The fourth-order valence-electron chi connectivity index (χ4n) is 7.61. The highest BCUT2D eigenvalue weighted by Gasteiger charge is 2.64. The second kappa shape index (κ2) is 5.33. The summed E-state index contributed by atoms with van der Waals surface area (Å²) >= 11 is 0. The average molecular weight is 346 g/mol. The van der Waals surface area contributed by atoms with Crippen molar-refractivity contribution in [2.45, 2.75) is 76.9 Å². The summed E-state index contributed by atoms with van der Waals surface area (Å²) in [5.41, 5.74) is 1.50. The van der Waals surface area contributed by atoms with Gasteiger partial charge in [0.2, 0.25) is 0 Å². The van der Waals surface area contributed by atoms with Gasteiger partial charge >= 0.3 is 0 Å². The first-order valence-electron chi connectivity index (χ1n) is 10.7. The fourth-order valence-corrected chi connectivity index (χ4v) is 7.61. The molecule has 5 rings (SSSR count). The summed E-state index contributed by atoms with van der Waals surface area (Å²) < 4.78 is 0. The van der Waals surface area contributed by atoms with Gasteiger partial charge < -0.3 is 10.2 Å². The summed E-state index contributed by atoms with van der Waals surface area (Å²) in [6.07, 6.45) is 11.3. The molecule has 0 radical (unpaired) electrons. The summed E-state index contributed by atoms with van der Waals surface area (Å²) in [5.74, 6) is 2.19. The molecule has 3 heteroatoms. The van der Waals surface area contributed by atoms with Crippen LogP contribution in [-0.2, 0) is 0 Å². The largest absolute Gasteiger partial charge is 0.393 e. The summed E-state index contributed by atoms with van der Waals surface area (Å²) in [5, 5.41) is 21.7. The third-order valence-electron chi connectivity index (χ3n) is 9.42. The monoisotopic (exact) mass is 345 g/mol. The lowest BCUT2D eigenvalue weighted by molar-refractivity contribution is -0.128. The maximum absolute atomic E-state index is 11.6. The number of rotatable bonds is 2. The molecule has 25 heavy (non-hydrogen) atoms. The third-order valence-corrected chi connectivity index (χ3v) is 9.42. The van der Waals surface area contributed by atoms with Crippen molar-refractivity contribution in [3.63, 3.8) is 0 Å². The second-order valence-electron chi connectivity index (χ2n) is 10.5. The minimum absolute atomic E-state index is 0.104. The van der Waals surface area contributed by atoms with Crippen LogP contribution < -0.4 is 0 Å². The Bertz CT molecular complexity index is 599. The van der Waals surface area contributed by atoms with Crippen molar-refractivity contribution in [3.05, 3.63) is 11.6 Å². The molecule has 2 N–H and O–H groups in total. The Labute approximate surface area is 152 Å². The van der Waals surface area contributed by atoms with E-state index < -0.39 is 5.60 Å². The lowest BCUT2D eigenvalue weighted by atomic mass is 9.47. The molecule has 3 nitrogen and oxygen atoms in total. The number of aliphatic hydroxyl groups excluding tert-OH is 1. The zero-order valence-electron chi connectivity index (χ0n) is 16.0. The van der Waals surface area contributed by atoms with E-state index in [1.54, 1.807) is 5.57 Å². The highest BCUT2D eigenvalue weighted by molar-refractivity contribution is 5.26. The van der Waals surface area contributed by atoms with E-state index in [1.807, 2.05) is 0 Å². The first-order valence-corrected chi connectivity index (χ1v) is 10.7. The molecule has 5 aliphatic rings. The molecule has 4 aliphatic carbocycles. The van der Waals surface area contributed by atoms with Crippen LogP contribution in [0.5, 0.6) is 0 Å². The van der Waals surface area contributed by atoms with Gasteiger partial charge in [-0.05, 0) is 74.5 Å². The van der Waals surface area contributed by atoms with Gasteiger partial charge in [0.05, 0.1) is 11.7 Å². The number of nitrogens with zero attached hydrogens (tertiary/aromatic N) is 1. The van der Waals surface area contributed by atoms with E-state index >= 15 is 0 Å². The van der Waals surface area contributed by atoms with Crippen LogP contribution in [-0.4, -0.2) is 46.5 Å². The van der Waals surface area contributed by atoms with Crippen molar-refractivity contribution < 1.29 is 10.2 Å². The van der Waals surface area contributed by atoms with Gasteiger partial charge in [0.25, 0.3) is 0 Å². The van der Waals surface area contributed by atoms with Crippen molar-refractivity contribution in [2.24, 2.45) is 28.6 Å². The minimum atomic E-state index is -0.465. The molecule has 4 fully saturated rings. The van der Waals surface area contributed by atoms with Gasteiger partial charge in [0.15, 0.2) is 0 Å². The van der Waals surface area contributed by atoms with Crippen LogP contribution in [0, 0.1) is 28.6 Å². The third kappa shape index (κ3) is 2.28. The van der Waals surface area contributed by atoms with E-state index in [1.165, 1.54) is 38.8 Å². The van der Waals surface area contributed by atoms with E-state index in [0.717, 1.165) is 44.1 Å². The van der Waals surface area contributed by atoms with E-state index in [0.29, 0.717) is 11.3 Å². The first kappa shape index (κ1) is 16.8. The summed E-state index contributed by atoms with van der Waals surface area (Å²) in [6.45, 7) is 8.17. The van der Waals surface area contributed by atoms with Crippen molar-refractivity contribution in [1.29, 1.82) is 0 Å². The second-order valence-corrected chi connectivity index (χ2v) is 10.5. The Balaban J connectivity index is 1.45. The Hall–Kier alpha value is -0.380. The molecule has 7 atom stereocenters. The van der Waals surface area contributed by atoms with E-state index in [9.17, 15) is 10.2 Å². The molecule has 1 heterocycles. The first-order chi connectivity index (χ1) is 11.9. The smallest absolute Gasteiger partial charge is 0.0830 e.